The Morgan fingerprint density at radius 2 is 2.26 bits per heavy atom. The van der Waals surface area contributed by atoms with Crippen LogP contribution in [0.25, 0.3) is 10.9 Å². The van der Waals surface area contributed by atoms with Gasteiger partial charge in [0, 0.05) is 11.8 Å². The molecule has 19 heavy (non-hydrogen) atoms. The lowest BCUT2D eigenvalue weighted by Crippen LogP contribution is -2.38. The zero-order chi connectivity index (χ0) is 13.4. The van der Waals surface area contributed by atoms with Crippen molar-refractivity contribution in [2.45, 2.75) is 25.5 Å². The molecule has 0 radical (unpaired) electrons. The topological polar surface area (TPSA) is 84.1 Å². The van der Waals surface area contributed by atoms with E-state index >= 15 is 0 Å². The van der Waals surface area contributed by atoms with Crippen molar-refractivity contribution in [2.24, 2.45) is 0 Å². The summed E-state index contributed by atoms with van der Waals surface area (Å²) in [5, 5.41) is 10.2. The van der Waals surface area contributed by atoms with Crippen LogP contribution in [0, 0.1) is 0 Å². The fourth-order valence-corrected chi connectivity index (χ4v) is 2.24. The molecule has 0 unspecified atom stereocenters. The molecule has 2 aromatic rings. The first kappa shape index (κ1) is 11.7. The van der Waals surface area contributed by atoms with Gasteiger partial charge in [-0.1, -0.05) is 18.2 Å². The second kappa shape index (κ2) is 4.38. The molecule has 0 aliphatic carbocycles. The van der Waals surface area contributed by atoms with Crippen molar-refractivity contribution < 1.29 is 14.3 Å². The number of cyclic esters (lactones) is 1. The zero-order valence-electron chi connectivity index (χ0n) is 10.3. The Morgan fingerprint density at radius 3 is 3.00 bits per heavy atom. The number of aromatic amines is 1. The van der Waals surface area contributed by atoms with Gasteiger partial charge < -0.3 is 10.1 Å². The lowest BCUT2D eigenvalue weighted by atomic mass is 10.1. The number of esters is 1. The normalized spacial score (nSPS) is 22.5. The molecule has 6 heteroatoms. The van der Waals surface area contributed by atoms with Crippen LogP contribution in [0.2, 0.25) is 0 Å². The summed E-state index contributed by atoms with van der Waals surface area (Å²) in [7, 11) is 0. The molecule has 1 aliphatic heterocycles. The van der Waals surface area contributed by atoms with Crippen LogP contribution in [0.4, 0.5) is 0 Å². The lowest BCUT2D eigenvalue weighted by molar-refractivity contribution is -0.142. The Bertz CT molecular complexity index is 649. The molecule has 0 saturated carbocycles. The molecule has 0 bridgehead atoms. The highest BCUT2D eigenvalue weighted by atomic mass is 16.6. The van der Waals surface area contributed by atoms with Crippen molar-refractivity contribution in [1.29, 1.82) is 0 Å². The minimum atomic E-state index is -0.585. The summed E-state index contributed by atoms with van der Waals surface area (Å²) in [4.78, 5) is 23.6. The molecule has 2 heterocycles. The van der Waals surface area contributed by atoms with Crippen molar-refractivity contribution in [1.82, 2.24) is 15.5 Å². The molecular weight excluding hydrogens is 246 g/mol. The van der Waals surface area contributed by atoms with E-state index < -0.39 is 6.04 Å². The first-order valence-corrected chi connectivity index (χ1v) is 6.09. The van der Waals surface area contributed by atoms with Gasteiger partial charge in [-0.15, -0.1) is 0 Å². The third-order valence-corrected chi connectivity index (χ3v) is 3.16. The summed E-state index contributed by atoms with van der Waals surface area (Å²) in [6.45, 7) is 1.80. The monoisotopic (exact) mass is 259 g/mol. The average molecular weight is 259 g/mol. The van der Waals surface area contributed by atoms with Crippen molar-refractivity contribution in [3.05, 3.63) is 30.0 Å². The minimum absolute atomic E-state index is 0.159. The summed E-state index contributed by atoms with van der Waals surface area (Å²) in [5.74, 6) is -0.755. The fourth-order valence-electron chi connectivity index (χ4n) is 2.24. The minimum Gasteiger partial charge on any atom is -0.461 e. The first-order chi connectivity index (χ1) is 9.15. The van der Waals surface area contributed by atoms with Crippen LogP contribution in [-0.2, 0) is 9.53 Å². The van der Waals surface area contributed by atoms with E-state index in [9.17, 15) is 9.59 Å². The number of nitrogens with one attached hydrogen (secondary N) is 2. The van der Waals surface area contributed by atoms with Gasteiger partial charge in [0.2, 0.25) is 0 Å². The smallest absolute Gasteiger partial charge is 0.329 e. The van der Waals surface area contributed by atoms with E-state index in [4.69, 9.17) is 4.74 Å². The molecule has 3 rings (SSSR count). The predicted molar refractivity (Wildman–Crippen MR) is 67.5 cm³/mol. The number of carbonyl (C=O) groups excluding carboxylic acids is 2. The van der Waals surface area contributed by atoms with E-state index in [1.54, 1.807) is 6.92 Å². The highest BCUT2D eigenvalue weighted by molar-refractivity contribution is 6.05. The first-order valence-electron chi connectivity index (χ1n) is 6.09. The Labute approximate surface area is 109 Å². The van der Waals surface area contributed by atoms with Crippen molar-refractivity contribution in [3.8, 4) is 0 Å². The Morgan fingerprint density at radius 1 is 1.47 bits per heavy atom. The van der Waals surface area contributed by atoms with Crippen LogP contribution < -0.4 is 5.32 Å². The maximum atomic E-state index is 12.1. The molecule has 1 aromatic heterocycles. The number of carbonyl (C=O) groups is 2. The van der Waals surface area contributed by atoms with Crippen LogP contribution in [0.1, 0.15) is 23.8 Å². The molecule has 1 aliphatic rings. The van der Waals surface area contributed by atoms with Crippen molar-refractivity contribution in [3.63, 3.8) is 0 Å². The number of nitrogens with zero attached hydrogens (tertiary/aromatic N) is 1. The largest absolute Gasteiger partial charge is 0.461 e. The van der Waals surface area contributed by atoms with Crippen LogP contribution in [0.3, 0.4) is 0 Å². The zero-order valence-corrected chi connectivity index (χ0v) is 10.3. The number of amides is 1. The molecule has 6 nitrogen and oxygen atoms in total. The van der Waals surface area contributed by atoms with E-state index in [0.29, 0.717) is 12.1 Å². The molecule has 0 spiro atoms. The summed E-state index contributed by atoms with van der Waals surface area (Å²) >= 11 is 0. The number of para-hydroxylation sites is 1. The number of H-pyrrole nitrogens is 1. The SMILES string of the molecule is C[C@H]1C[C@H](NC(=O)c2n[nH]c3ccccc23)C(=O)O1. The van der Waals surface area contributed by atoms with E-state index in [0.717, 1.165) is 10.9 Å². The van der Waals surface area contributed by atoms with E-state index in [1.165, 1.54) is 0 Å². The highest BCUT2D eigenvalue weighted by Crippen LogP contribution is 2.17. The van der Waals surface area contributed by atoms with Gasteiger partial charge in [0.15, 0.2) is 5.69 Å². The van der Waals surface area contributed by atoms with E-state index in [-0.39, 0.29) is 18.0 Å². The maximum absolute atomic E-state index is 12.1. The number of ether oxygens (including phenoxy) is 1. The summed E-state index contributed by atoms with van der Waals surface area (Å²) in [6, 6.07) is 6.76. The van der Waals surface area contributed by atoms with E-state index in [1.807, 2.05) is 24.3 Å². The van der Waals surface area contributed by atoms with Gasteiger partial charge in [0.05, 0.1) is 5.52 Å². The Kier molecular flexibility index (Phi) is 2.70. The fraction of sp³-hybridized carbons (Fsp3) is 0.308. The van der Waals surface area contributed by atoms with Crippen LogP contribution in [0.15, 0.2) is 24.3 Å². The van der Waals surface area contributed by atoms with Crippen molar-refractivity contribution >= 4 is 22.8 Å². The molecule has 1 saturated heterocycles. The Balaban J connectivity index is 1.83. The summed E-state index contributed by atoms with van der Waals surface area (Å²) in [5.41, 5.74) is 1.08. The van der Waals surface area contributed by atoms with Gasteiger partial charge in [0.1, 0.15) is 12.1 Å². The number of benzene rings is 1. The number of aromatic nitrogens is 2. The standard InChI is InChI=1S/C13H13N3O3/c1-7-6-10(13(18)19-7)14-12(17)11-8-4-2-3-5-9(8)15-16-11/h2-5,7,10H,6H2,1H3,(H,14,17)(H,15,16)/t7-,10-/m0/s1. The van der Waals surface area contributed by atoms with Crippen LogP contribution in [0.5, 0.6) is 0 Å². The molecule has 1 fully saturated rings. The molecule has 2 atom stereocenters. The third-order valence-electron chi connectivity index (χ3n) is 3.16. The van der Waals surface area contributed by atoms with Gasteiger partial charge in [-0.05, 0) is 13.0 Å². The highest BCUT2D eigenvalue weighted by Gasteiger charge is 2.33. The number of hydrogen-bond acceptors (Lipinski definition) is 4. The van der Waals surface area contributed by atoms with Gasteiger partial charge in [-0.3, -0.25) is 9.89 Å². The average Bonchev–Trinajstić information content (AvgIpc) is 2.93. The lowest BCUT2D eigenvalue weighted by Gasteiger charge is -2.07. The number of rotatable bonds is 2. The van der Waals surface area contributed by atoms with Crippen molar-refractivity contribution in [2.75, 3.05) is 0 Å². The van der Waals surface area contributed by atoms with Gasteiger partial charge in [-0.2, -0.15) is 5.10 Å². The number of fused-ring (bicyclic) bond motifs is 1. The predicted octanol–water partition coefficient (Wildman–Crippen LogP) is 0.997. The summed E-state index contributed by atoms with van der Waals surface area (Å²) < 4.78 is 5.00. The molecule has 1 amide bonds. The second-order valence-electron chi connectivity index (χ2n) is 4.63. The van der Waals surface area contributed by atoms with Crippen LogP contribution in [-0.4, -0.2) is 34.2 Å². The van der Waals surface area contributed by atoms with Gasteiger partial charge in [-0.25, -0.2) is 4.79 Å². The molecular formula is C13H13N3O3. The number of hydrogen-bond donors (Lipinski definition) is 2. The Hall–Kier alpha value is -2.37. The quantitative estimate of drug-likeness (QED) is 0.788. The van der Waals surface area contributed by atoms with Crippen LogP contribution >= 0.6 is 0 Å². The molecule has 2 N–H and O–H groups in total. The second-order valence-corrected chi connectivity index (χ2v) is 4.63. The molecule has 98 valence electrons. The maximum Gasteiger partial charge on any atom is 0.329 e. The van der Waals surface area contributed by atoms with Gasteiger partial charge in [0.25, 0.3) is 5.91 Å². The third kappa shape index (κ3) is 2.05. The van der Waals surface area contributed by atoms with E-state index in [2.05, 4.69) is 15.5 Å². The molecule has 1 aromatic carbocycles. The summed E-state index contributed by atoms with van der Waals surface area (Å²) in [6.07, 6.45) is 0.334. The van der Waals surface area contributed by atoms with Gasteiger partial charge >= 0.3 is 5.97 Å².